The summed E-state index contributed by atoms with van der Waals surface area (Å²) in [6.45, 7) is 9.21. The van der Waals surface area contributed by atoms with Crippen LogP contribution >= 0.6 is 11.8 Å². The van der Waals surface area contributed by atoms with E-state index in [1.54, 1.807) is 0 Å². The molecule has 1 aromatic rings. The predicted octanol–water partition coefficient (Wildman–Crippen LogP) is 3.63. The lowest BCUT2D eigenvalue weighted by Crippen LogP contribution is -2.40. The third-order valence-corrected chi connectivity index (χ3v) is 5.13. The van der Waals surface area contributed by atoms with Gasteiger partial charge in [-0.2, -0.15) is 0 Å². The van der Waals surface area contributed by atoms with Crippen LogP contribution in [0.5, 0.6) is 0 Å². The Morgan fingerprint density at radius 2 is 1.90 bits per heavy atom. The second-order valence-electron chi connectivity index (χ2n) is 6.08. The topological polar surface area (TPSA) is 15.3 Å². The van der Waals surface area contributed by atoms with Gasteiger partial charge in [0.05, 0.1) is 0 Å². The number of rotatable bonds is 7. The zero-order valence-electron chi connectivity index (χ0n) is 13.1. The van der Waals surface area contributed by atoms with Crippen LogP contribution in [-0.4, -0.2) is 42.9 Å². The second kappa shape index (κ2) is 8.76. The van der Waals surface area contributed by atoms with E-state index in [-0.39, 0.29) is 5.82 Å². The summed E-state index contributed by atoms with van der Waals surface area (Å²) in [6.07, 6.45) is 2.60. The Morgan fingerprint density at radius 1 is 1.24 bits per heavy atom. The molecule has 0 saturated carbocycles. The van der Waals surface area contributed by atoms with E-state index >= 15 is 0 Å². The van der Waals surface area contributed by atoms with Crippen LogP contribution in [0.3, 0.4) is 0 Å². The molecule has 1 aliphatic rings. The number of benzene rings is 1. The van der Waals surface area contributed by atoms with Gasteiger partial charge in [-0.15, -0.1) is 11.8 Å². The van der Waals surface area contributed by atoms with E-state index in [0.717, 1.165) is 23.1 Å². The minimum atomic E-state index is -0.158. The molecule has 1 aromatic carbocycles. The summed E-state index contributed by atoms with van der Waals surface area (Å²) in [5.74, 6) is 1.74. The quantitative estimate of drug-likeness (QED) is 0.774. The summed E-state index contributed by atoms with van der Waals surface area (Å²) in [5, 5.41) is 3.43. The molecule has 118 valence electrons. The van der Waals surface area contributed by atoms with Gasteiger partial charge in [0.25, 0.3) is 0 Å². The van der Waals surface area contributed by atoms with Crippen LogP contribution in [0.4, 0.5) is 4.39 Å². The van der Waals surface area contributed by atoms with Crippen LogP contribution in [0.2, 0.25) is 0 Å². The van der Waals surface area contributed by atoms with Crippen molar-refractivity contribution in [2.75, 3.05) is 31.9 Å². The number of hydrogen-bond donors (Lipinski definition) is 1. The van der Waals surface area contributed by atoms with Crippen LogP contribution in [-0.2, 0) is 0 Å². The van der Waals surface area contributed by atoms with E-state index in [0.29, 0.717) is 6.04 Å². The van der Waals surface area contributed by atoms with E-state index < -0.39 is 0 Å². The van der Waals surface area contributed by atoms with E-state index in [1.807, 2.05) is 23.9 Å². The van der Waals surface area contributed by atoms with Crippen LogP contribution < -0.4 is 5.32 Å². The largest absolute Gasteiger partial charge is 0.317 e. The van der Waals surface area contributed by atoms with E-state index in [4.69, 9.17) is 0 Å². The van der Waals surface area contributed by atoms with Gasteiger partial charge < -0.3 is 5.32 Å². The molecule has 1 fully saturated rings. The fourth-order valence-corrected chi connectivity index (χ4v) is 3.66. The summed E-state index contributed by atoms with van der Waals surface area (Å²) in [6, 6.07) is 7.41. The monoisotopic (exact) mass is 310 g/mol. The zero-order valence-corrected chi connectivity index (χ0v) is 14.0. The van der Waals surface area contributed by atoms with Crippen molar-refractivity contribution in [2.24, 2.45) is 5.92 Å². The van der Waals surface area contributed by atoms with Crippen LogP contribution in [0.15, 0.2) is 29.2 Å². The van der Waals surface area contributed by atoms with Gasteiger partial charge in [-0.25, -0.2) is 4.39 Å². The molecule has 0 atom stereocenters. The Kier molecular flexibility index (Phi) is 7.00. The Morgan fingerprint density at radius 3 is 2.52 bits per heavy atom. The standard InChI is InChI=1S/C17H27FN2S/c1-14(2)20(13-15-7-9-19-10-8-15)11-12-21-17-5-3-16(18)4-6-17/h3-6,14-15,19H,7-13H2,1-2H3. The van der Waals surface area contributed by atoms with Crippen molar-refractivity contribution in [2.45, 2.75) is 37.6 Å². The molecule has 21 heavy (non-hydrogen) atoms. The SMILES string of the molecule is CC(C)N(CCSc1ccc(F)cc1)CC1CCNCC1. The van der Waals surface area contributed by atoms with Crippen LogP contribution in [0.25, 0.3) is 0 Å². The maximum atomic E-state index is 12.9. The smallest absolute Gasteiger partial charge is 0.123 e. The van der Waals surface area contributed by atoms with Gasteiger partial charge in [-0.3, -0.25) is 4.90 Å². The van der Waals surface area contributed by atoms with Crippen molar-refractivity contribution in [1.29, 1.82) is 0 Å². The molecule has 1 N–H and O–H groups in total. The first kappa shape index (κ1) is 16.8. The Hall–Kier alpha value is -0.580. The molecular formula is C17H27FN2S. The Bertz CT molecular complexity index is 402. The van der Waals surface area contributed by atoms with Gasteiger partial charge in [0.1, 0.15) is 5.82 Å². The first-order valence-corrected chi connectivity index (χ1v) is 8.97. The molecule has 0 bridgehead atoms. The third-order valence-electron chi connectivity index (χ3n) is 4.14. The molecule has 2 nitrogen and oxygen atoms in total. The molecule has 2 rings (SSSR count). The molecule has 0 aliphatic carbocycles. The first-order chi connectivity index (χ1) is 10.1. The third kappa shape index (κ3) is 5.97. The molecule has 0 spiro atoms. The minimum absolute atomic E-state index is 0.158. The zero-order chi connectivity index (χ0) is 15.1. The highest BCUT2D eigenvalue weighted by atomic mass is 32.2. The van der Waals surface area contributed by atoms with E-state index in [2.05, 4.69) is 24.1 Å². The predicted molar refractivity (Wildman–Crippen MR) is 89.4 cm³/mol. The van der Waals surface area contributed by atoms with Gasteiger partial charge in [0.2, 0.25) is 0 Å². The lowest BCUT2D eigenvalue weighted by Gasteiger charge is -2.32. The first-order valence-electron chi connectivity index (χ1n) is 7.98. The molecule has 0 aromatic heterocycles. The van der Waals surface area contributed by atoms with Crippen LogP contribution in [0.1, 0.15) is 26.7 Å². The molecule has 0 unspecified atom stereocenters. The maximum absolute atomic E-state index is 12.9. The average Bonchev–Trinajstić information content (AvgIpc) is 2.49. The number of nitrogens with one attached hydrogen (secondary N) is 1. The Labute approximate surface area is 132 Å². The highest BCUT2D eigenvalue weighted by Gasteiger charge is 2.18. The van der Waals surface area contributed by atoms with Crippen LogP contribution in [0, 0.1) is 11.7 Å². The maximum Gasteiger partial charge on any atom is 0.123 e. The normalized spacial score (nSPS) is 16.8. The lowest BCUT2D eigenvalue weighted by atomic mass is 9.97. The van der Waals surface area contributed by atoms with Gasteiger partial charge in [0, 0.05) is 29.8 Å². The Balaban J connectivity index is 1.75. The lowest BCUT2D eigenvalue weighted by molar-refractivity contribution is 0.179. The van der Waals surface area contributed by atoms with Crippen molar-refractivity contribution in [3.8, 4) is 0 Å². The van der Waals surface area contributed by atoms with Crippen molar-refractivity contribution in [3.05, 3.63) is 30.1 Å². The molecular weight excluding hydrogens is 283 g/mol. The van der Waals surface area contributed by atoms with E-state index in [1.165, 1.54) is 44.6 Å². The van der Waals surface area contributed by atoms with E-state index in [9.17, 15) is 4.39 Å². The number of hydrogen-bond acceptors (Lipinski definition) is 3. The molecule has 1 heterocycles. The molecule has 4 heteroatoms. The molecule has 0 amide bonds. The highest BCUT2D eigenvalue weighted by Crippen LogP contribution is 2.20. The fourth-order valence-electron chi connectivity index (χ4n) is 2.77. The fraction of sp³-hybridized carbons (Fsp3) is 0.647. The molecule has 0 radical (unpaired) electrons. The number of piperidine rings is 1. The van der Waals surface area contributed by atoms with Crippen molar-refractivity contribution < 1.29 is 4.39 Å². The average molecular weight is 310 g/mol. The second-order valence-corrected chi connectivity index (χ2v) is 7.25. The number of nitrogens with zero attached hydrogens (tertiary/aromatic N) is 1. The van der Waals surface area contributed by atoms with Gasteiger partial charge in [-0.1, -0.05) is 0 Å². The summed E-state index contributed by atoms with van der Waals surface area (Å²) in [5.41, 5.74) is 0. The van der Waals surface area contributed by atoms with Crippen molar-refractivity contribution in [3.63, 3.8) is 0 Å². The molecule has 1 aliphatic heterocycles. The molecule has 1 saturated heterocycles. The number of halogens is 1. The summed E-state index contributed by atoms with van der Waals surface area (Å²) in [7, 11) is 0. The summed E-state index contributed by atoms with van der Waals surface area (Å²) < 4.78 is 12.9. The van der Waals surface area contributed by atoms with Gasteiger partial charge in [0.15, 0.2) is 0 Å². The highest BCUT2D eigenvalue weighted by molar-refractivity contribution is 7.99. The van der Waals surface area contributed by atoms with Gasteiger partial charge in [-0.05, 0) is 70.0 Å². The van der Waals surface area contributed by atoms with Crippen molar-refractivity contribution in [1.82, 2.24) is 10.2 Å². The minimum Gasteiger partial charge on any atom is -0.317 e. The number of thioether (sulfide) groups is 1. The summed E-state index contributed by atoms with van der Waals surface area (Å²) >= 11 is 1.82. The van der Waals surface area contributed by atoms with Crippen molar-refractivity contribution >= 4 is 11.8 Å². The van der Waals surface area contributed by atoms with Gasteiger partial charge >= 0.3 is 0 Å². The summed E-state index contributed by atoms with van der Waals surface area (Å²) in [4.78, 5) is 3.74.